The number of benzene rings is 1. The SMILES string of the molecule is COCCN(C(=S)Nc1cccc(OC)c1)[C@H](C)c1ccco1. The van der Waals surface area contributed by atoms with Crippen LogP contribution < -0.4 is 10.1 Å². The Balaban J connectivity index is 2.12. The van der Waals surface area contributed by atoms with Gasteiger partial charge in [-0.3, -0.25) is 0 Å². The first-order valence-corrected chi connectivity index (χ1v) is 7.80. The lowest BCUT2D eigenvalue weighted by Gasteiger charge is -2.30. The Morgan fingerprint density at radius 1 is 1.30 bits per heavy atom. The average molecular weight is 334 g/mol. The standard InChI is InChI=1S/C17H22N2O3S/c1-13(16-8-5-10-22-16)19(9-11-20-2)17(23)18-14-6-4-7-15(12-14)21-3/h4-8,10,12-13H,9,11H2,1-3H3,(H,18,23)/t13-/m1/s1. The quantitative estimate of drug-likeness (QED) is 0.779. The van der Waals surface area contributed by atoms with Gasteiger partial charge in [-0.25, -0.2) is 0 Å². The van der Waals surface area contributed by atoms with Crippen LogP contribution in [0.3, 0.4) is 0 Å². The van der Waals surface area contributed by atoms with Gasteiger partial charge in [0.05, 0.1) is 26.0 Å². The molecule has 6 heteroatoms. The Kier molecular flexibility index (Phi) is 6.43. The largest absolute Gasteiger partial charge is 0.497 e. The average Bonchev–Trinajstić information content (AvgIpc) is 3.09. The normalized spacial score (nSPS) is 11.8. The van der Waals surface area contributed by atoms with Crippen LogP contribution in [0.25, 0.3) is 0 Å². The summed E-state index contributed by atoms with van der Waals surface area (Å²) in [6.07, 6.45) is 1.67. The van der Waals surface area contributed by atoms with E-state index in [1.54, 1.807) is 20.5 Å². The van der Waals surface area contributed by atoms with E-state index in [1.807, 2.05) is 48.2 Å². The van der Waals surface area contributed by atoms with E-state index in [-0.39, 0.29) is 6.04 Å². The molecule has 0 bridgehead atoms. The topological polar surface area (TPSA) is 46.9 Å². The van der Waals surface area contributed by atoms with E-state index in [9.17, 15) is 0 Å². The molecule has 1 aromatic carbocycles. The highest BCUT2D eigenvalue weighted by atomic mass is 32.1. The third kappa shape index (κ3) is 4.71. The van der Waals surface area contributed by atoms with Crippen LogP contribution >= 0.6 is 12.2 Å². The fourth-order valence-corrected chi connectivity index (χ4v) is 2.61. The third-order valence-electron chi connectivity index (χ3n) is 3.54. The number of furan rings is 1. The smallest absolute Gasteiger partial charge is 0.174 e. The predicted molar refractivity (Wildman–Crippen MR) is 94.9 cm³/mol. The Morgan fingerprint density at radius 2 is 2.13 bits per heavy atom. The van der Waals surface area contributed by atoms with Gasteiger partial charge in [-0.05, 0) is 43.4 Å². The van der Waals surface area contributed by atoms with Crippen molar-refractivity contribution in [2.75, 3.05) is 32.7 Å². The summed E-state index contributed by atoms with van der Waals surface area (Å²) in [6.45, 7) is 3.28. The molecule has 0 fully saturated rings. The maximum Gasteiger partial charge on any atom is 0.174 e. The molecule has 0 radical (unpaired) electrons. The molecule has 0 aliphatic carbocycles. The minimum absolute atomic E-state index is 0.00533. The van der Waals surface area contributed by atoms with Crippen molar-refractivity contribution in [1.82, 2.24) is 4.90 Å². The van der Waals surface area contributed by atoms with Gasteiger partial charge < -0.3 is 24.1 Å². The zero-order valence-corrected chi connectivity index (χ0v) is 14.4. The molecular weight excluding hydrogens is 312 g/mol. The van der Waals surface area contributed by atoms with Gasteiger partial charge in [0.2, 0.25) is 0 Å². The Hall–Kier alpha value is -2.05. The molecule has 1 aromatic heterocycles. The van der Waals surface area contributed by atoms with E-state index in [0.717, 1.165) is 17.2 Å². The number of ether oxygens (including phenoxy) is 2. The van der Waals surface area contributed by atoms with Gasteiger partial charge in [0.15, 0.2) is 5.11 Å². The number of hydrogen-bond donors (Lipinski definition) is 1. The van der Waals surface area contributed by atoms with Gasteiger partial charge in [-0.1, -0.05) is 6.07 Å². The van der Waals surface area contributed by atoms with Crippen LogP contribution in [0.4, 0.5) is 5.69 Å². The zero-order chi connectivity index (χ0) is 16.7. The van der Waals surface area contributed by atoms with Crippen LogP contribution in [0.5, 0.6) is 5.75 Å². The number of rotatable bonds is 7. The molecule has 2 aromatic rings. The minimum Gasteiger partial charge on any atom is -0.497 e. The van der Waals surface area contributed by atoms with Crippen molar-refractivity contribution in [1.29, 1.82) is 0 Å². The molecule has 0 saturated carbocycles. The second-order valence-electron chi connectivity index (χ2n) is 5.04. The van der Waals surface area contributed by atoms with Gasteiger partial charge in [0.25, 0.3) is 0 Å². The first-order chi connectivity index (χ1) is 11.2. The van der Waals surface area contributed by atoms with E-state index in [4.69, 9.17) is 26.1 Å². The Bertz CT molecular complexity index is 616. The molecule has 0 aliphatic heterocycles. The van der Waals surface area contributed by atoms with Crippen LogP contribution in [0, 0.1) is 0 Å². The van der Waals surface area contributed by atoms with Crippen molar-refractivity contribution < 1.29 is 13.9 Å². The molecule has 0 spiro atoms. The fraction of sp³-hybridized carbons (Fsp3) is 0.353. The fourth-order valence-electron chi connectivity index (χ4n) is 2.24. The highest BCUT2D eigenvalue weighted by Crippen LogP contribution is 2.23. The number of anilines is 1. The molecular formula is C17H22N2O3S. The number of thiocarbonyl (C=S) groups is 1. The zero-order valence-electron chi connectivity index (χ0n) is 13.6. The number of methoxy groups -OCH3 is 2. The summed E-state index contributed by atoms with van der Waals surface area (Å²) in [5, 5.41) is 3.86. The predicted octanol–water partition coefficient (Wildman–Crippen LogP) is 3.69. The van der Waals surface area contributed by atoms with Crippen LogP contribution in [0.2, 0.25) is 0 Å². The molecule has 5 nitrogen and oxygen atoms in total. The highest BCUT2D eigenvalue weighted by Gasteiger charge is 2.20. The Morgan fingerprint density at radius 3 is 2.78 bits per heavy atom. The van der Waals surface area contributed by atoms with Crippen molar-refractivity contribution in [2.45, 2.75) is 13.0 Å². The summed E-state index contributed by atoms with van der Waals surface area (Å²) in [5.74, 6) is 1.64. The first kappa shape index (κ1) is 17.3. The maximum atomic E-state index is 5.58. The van der Waals surface area contributed by atoms with Gasteiger partial charge in [-0.15, -0.1) is 0 Å². The lowest BCUT2D eigenvalue weighted by molar-refractivity contribution is 0.160. The van der Waals surface area contributed by atoms with Crippen LogP contribution in [-0.4, -0.2) is 37.4 Å². The molecule has 0 aliphatic rings. The number of hydrogen-bond acceptors (Lipinski definition) is 4. The Labute approximate surface area is 142 Å². The molecule has 0 unspecified atom stereocenters. The minimum atomic E-state index is 0.00533. The maximum absolute atomic E-state index is 5.58. The monoisotopic (exact) mass is 334 g/mol. The van der Waals surface area contributed by atoms with Crippen molar-refractivity contribution in [3.8, 4) is 5.75 Å². The van der Waals surface area contributed by atoms with Crippen LogP contribution in [0.15, 0.2) is 47.1 Å². The van der Waals surface area contributed by atoms with E-state index in [1.165, 1.54) is 0 Å². The van der Waals surface area contributed by atoms with E-state index >= 15 is 0 Å². The summed E-state index contributed by atoms with van der Waals surface area (Å²) in [7, 11) is 3.32. The molecule has 0 amide bonds. The number of nitrogens with one attached hydrogen (secondary N) is 1. The van der Waals surface area contributed by atoms with Crippen LogP contribution in [0.1, 0.15) is 18.7 Å². The van der Waals surface area contributed by atoms with Crippen molar-refractivity contribution >= 4 is 23.0 Å². The third-order valence-corrected chi connectivity index (χ3v) is 3.88. The van der Waals surface area contributed by atoms with E-state index in [0.29, 0.717) is 18.3 Å². The highest BCUT2D eigenvalue weighted by molar-refractivity contribution is 7.80. The molecule has 2 rings (SSSR count). The van der Waals surface area contributed by atoms with Gasteiger partial charge in [0, 0.05) is 25.4 Å². The summed E-state index contributed by atoms with van der Waals surface area (Å²) >= 11 is 5.58. The van der Waals surface area contributed by atoms with Crippen molar-refractivity contribution in [2.24, 2.45) is 0 Å². The van der Waals surface area contributed by atoms with Crippen molar-refractivity contribution in [3.63, 3.8) is 0 Å². The second kappa shape index (κ2) is 8.55. The summed E-state index contributed by atoms with van der Waals surface area (Å²) in [4.78, 5) is 2.04. The molecule has 1 atom stereocenters. The lowest BCUT2D eigenvalue weighted by Crippen LogP contribution is -2.38. The second-order valence-corrected chi connectivity index (χ2v) is 5.43. The van der Waals surface area contributed by atoms with E-state index < -0.39 is 0 Å². The first-order valence-electron chi connectivity index (χ1n) is 7.39. The van der Waals surface area contributed by atoms with Gasteiger partial charge in [-0.2, -0.15) is 0 Å². The number of nitrogens with zero attached hydrogens (tertiary/aromatic N) is 1. The summed E-state index contributed by atoms with van der Waals surface area (Å²) < 4.78 is 15.9. The van der Waals surface area contributed by atoms with E-state index in [2.05, 4.69) is 5.32 Å². The molecule has 1 heterocycles. The van der Waals surface area contributed by atoms with Crippen LogP contribution in [-0.2, 0) is 4.74 Å². The van der Waals surface area contributed by atoms with Crippen molar-refractivity contribution in [3.05, 3.63) is 48.4 Å². The summed E-state index contributed by atoms with van der Waals surface area (Å²) in [6, 6.07) is 11.5. The lowest BCUT2D eigenvalue weighted by atomic mass is 10.2. The molecule has 124 valence electrons. The molecule has 23 heavy (non-hydrogen) atoms. The molecule has 1 N–H and O–H groups in total. The van der Waals surface area contributed by atoms with Gasteiger partial charge in [0.1, 0.15) is 11.5 Å². The van der Waals surface area contributed by atoms with Gasteiger partial charge >= 0.3 is 0 Å². The molecule has 0 saturated heterocycles. The summed E-state index contributed by atoms with van der Waals surface area (Å²) in [5.41, 5.74) is 0.878.